The largest absolute Gasteiger partial charge is 0.378 e. The minimum atomic E-state index is -0.260. The molecular weight excluding hydrogens is 370 g/mol. The Balaban J connectivity index is 1.44. The number of ether oxygens (including phenoxy) is 1. The number of pyridine rings is 1. The molecule has 1 amide bonds. The number of carbonyl (C=O) groups excluding carboxylic acids is 1. The third-order valence-electron chi connectivity index (χ3n) is 5.57. The molecule has 9 nitrogen and oxygen atoms in total. The number of anilines is 2. The molecule has 3 aliphatic heterocycles. The van der Waals surface area contributed by atoms with Crippen molar-refractivity contribution in [1.82, 2.24) is 19.9 Å². The van der Waals surface area contributed by atoms with Crippen molar-refractivity contribution < 1.29 is 9.53 Å². The van der Waals surface area contributed by atoms with Crippen LogP contribution in [-0.2, 0) is 9.53 Å². The highest BCUT2D eigenvalue weighted by atomic mass is 16.5. The number of nitrogens with zero attached hydrogens (tertiary/aromatic N) is 6. The number of carbonyl (C=O) groups is 1. The lowest BCUT2D eigenvalue weighted by Crippen LogP contribution is -2.40. The third kappa shape index (κ3) is 3.58. The van der Waals surface area contributed by atoms with Gasteiger partial charge in [-0.3, -0.25) is 4.79 Å². The van der Waals surface area contributed by atoms with E-state index in [4.69, 9.17) is 4.74 Å². The number of piperidine rings is 1. The molecule has 2 saturated heterocycles. The Kier molecular flexibility index (Phi) is 4.69. The van der Waals surface area contributed by atoms with Gasteiger partial charge in [-0.15, -0.1) is 0 Å². The van der Waals surface area contributed by atoms with Crippen LogP contribution in [0, 0.1) is 5.92 Å². The monoisotopic (exact) mass is 393 g/mol. The van der Waals surface area contributed by atoms with Crippen LogP contribution in [-0.4, -0.2) is 77.9 Å². The summed E-state index contributed by atoms with van der Waals surface area (Å²) in [6.45, 7) is 4.69. The SMILES string of the molecule is CN1CCC2=NC(=O)C(Nc3ncc4ccnc(N5CCOCC5)c4n3)=CC2C1. The second-order valence-corrected chi connectivity index (χ2v) is 7.60. The summed E-state index contributed by atoms with van der Waals surface area (Å²) in [7, 11) is 2.08. The number of dihydropyridines is 1. The first-order valence-electron chi connectivity index (χ1n) is 9.91. The van der Waals surface area contributed by atoms with Crippen molar-refractivity contribution in [2.24, 2.45) is 10.9 Å². The highest BCUT2D eigenvalue weighted by molar-refractivity contribution is 6.09. The topological polar surface area (TPSA) is 95.8 Å². The molecule has 0 saturated carbocycles. The van der Waals surface area contributed by atoms with Crippen molar-refractivity contribution >= 4 is 34.3 Å². The molecule has 1 atom stereocenters. The number of hydrogen-bond acceptors (Lipinski definition) is 8. The van der Waals surface area contributed by atoms with Crippen LogP contribution in [0.5, 0.6) is 0 Å². The van der Waals surface area contributed by atoms with Gasteiger partial charge in [-0.1, -0.05) is 0 Å². The van der Waals surface area contributed by atoms with E-state index in [1.165, 1.54) is 0 Å². The molecule has 2 aromatic heterocycles. The molecule has 0 radical (unpaired) electrons. The first kappa shape index (κ1) is 18.1. The van der Waals surface area contributed by atoms with Crippen LogP contribution in [0.15, 0.2) is 35.2 Å². The van der Waals surface area contributed by atoms with E-state index in [-0.39, 0.29) is 11.8 Å². The van der Waals surface area contributed by atoms with E-state index in [0.717, 1.165) is 55.0 Å². The molecule has 0 aromatic carbocycles. The van der Waals surface area contributed by atoms with Crippen LogP contribution in [0.2, 0.25) is 0 Å². The van der Waals surface area contributed by atoms with Gasteiger partial charge in [0.25, 0.3) is 5.91 Å². The maximum Gasteiger partial charge on any atom is 0.293 e. The van der Waals surface area contributed by atoms with Gasteiger partial charge in [0.1, 0.15) is 11.2 Å². The quantitative estimate of drug-likeness (QED) is 0.828. The van der Waals surface area contributed by atoms with Gasteiger partial charge in [0, 0.05) is 55.6 Å². The van der Waals surface area contributed by atoms with Gasteiger partial charge >= 0.3 is 0 Å². The summed E-state index contributed by atoms with van der Waals surface area (Å²) in [5.41, 5.74) is 2.17. The lowest BCUT2D eigenvalue weighted by Gasteiger charge is -2.31. The van der Waals surface area contributed by atoms with E-state index < -0.39 is 0 Å². The normalized spacial score (nSPS) is 22.9. The van der Waals surface area contributed by atoms with E-state index in [9.17, 15) is 4.79 Å². The Morgan fingerprint density at radius 3 is 2.93 bits per heavy atom. The molecular formula is C20H23N7O2. The maximum atomic E-state index is 12.5. The van der Waals surface area contributed by atoms with E-state index in [1.54, 1.807) is 12.4 Å². The summed E-state index contributed by atoms with van der Waals surface area (Å²) in [4.78, 5) is 34.8. The summed E-state index contributed by atoms with van der Waals surface area (Å²) >= 11 is 0. The fraction of sp³-hybridized carbons (Fsp3) is 0.450. The van der Waals surface area contributed by atoms with Gasteiger partial charge in [0.05, 0.1) is 13.2 Å². The molecule has 0 aliphatic carbocycles. The molecule has 29 heavy (non-hydrogen) atoms. The number of aromatic nitrogens is 3. The number of rotatable bonds is 3. The number of morpholine rings is 1. The smallest absolute Gasteiger partial charge is 0.293 e. The molecule has 0 spiro atoms. The molecule has 3 aliphatic rings. The van der Waals surface area contributed by atoms with Crippen molar-refractivity contribution in [3.8, 4) is 0 Å². The van der Waals surface area contributed by atoms with Crippen LogP contribution in [0.25, 0.3) is 10.9 Å². The zero-order valence-electron chi connectivity index (χ0n) is 16.3. The van der Waals surface area contributed by atoms with Gasteiger partial charge in [0.15, 0.2) is 5.82 Å². The number of likely N-dealkylation sites (tertiary alicyclic amines) is 1. The molecule has 0 bridgehead atoms. The number of hydrogen-bond donors (Lipinski definition) is 1. The Bertz CT molecular complexity index is 1010. The molecule has 2 fully saturated rings. The standard InChI is InChI=1S/C20H23N7O2/c1-26-5-3-15-14(12-26)10-16(19(28)23-15)24-20-22-11-13-2-4-21-18(17(13)25-20)27-6-8-29-9-7-27/h2,4,10-11,14H,3,5-9,12H2,1H3,(H,22,24,25). The number of aliphatic imine (C=N–C) groups is 1. The average molecular weight is 393 g/mol. The molecule has 1 N–H and O–H groups in total. The van der Waals surface area contributed by atoms with Crippen molar-refractivity contribution in [2.45, 2.75) is 6.42 Å². The van der Waals surface area contributed by atoms with Crippen molar-refractivity contribution in [1.29, 1.82) is 0 Å². The number of nitrogens with one attached hydrogen (secondary N) is 1. The zero-order valence-corrected chi connectivity index (χ0v) is 16.3. The predicted octanol–water partition coefficient (Wildman–Crippen LogP) is 1.09. The van der Waals surface area contributed by atoms with Crippen molar-refractivity contribution in [2.75, 3.05) is 56.7 Å². The molecule has 5 rings (SSSR count). The second kappa shape index (κ2) is 7.49. The highest BCUT2D eigenvalue weighted by Crippen LogP contribution is 2.26. The number of amides is 1. The minimum absolute atomic E-state index is 0.153. The first-order chi connectivity index (χ1) is 14.2. The lowest BCUT2D eigenvalue weighted by atomic mass is 9.92. The third-order valence-corrected chi connectivity index (χ3v) is 5.57. The van der Waals surface area contributed by atoms with Crippen LogP contribution in [0.4, 0.5) is 11.8 Å². The zero-order chi connectivity index (χ0) is 19.8. The van der Waals surface area contributed by atoms with Crippen LogP contribution >= 0.6 is 0 Å². The highest BCUT2D eigenvalue weighted by Gasteiger charge is 2.28. The van der Waals surface area contributed by atoms with Crippen LogP contribution in [0.1, 0.15) is 6.42 Å². The molecule has 9 heteroatoms. The van der Waals surface area contributed by atoms with Gasteiger partial charge < -0.3 is 19.9 Å². The summed E-state index contributed by atoms with van der Waals surface area (Å²) in [6, 6.07) is 1.89. The molecule has 1 unspecified atom stereocenters. The number of fused-ring (bicyclic) bond motifs is 2. The maximum absolute atomic E-state index is 12.5. The van der Waals surface area contributed by atoms with Gasteiger partial charge in [-0.05, 0) is 25.6 Å². The molecule has 2 aromatic rings. The predicted molar refractivity (Wildman–Crippen MR) is 110 cm³/mol. The van der Waals surface area contributed by atoms with E-state index in [0.29, 0.717) is 24.9 Å². The van der Waals surface area contributed by atoms with Crippen LogP contribution < -0.4 is 10.2 Å². The summed E-state index contributed by atoms with van der Waals surface area (Å²) in [5.74, 6) is 1.08. The Morgan fingerprint density at radius 1 is 1.21 bits per heavy atom. The van der Waals surface area contributed by atoms with Gasteiger partial charge in [-0.25, -0.2) is 19.9 Å². The van der Waals surface area contributed by atoms with Gasteiger partial charge in [-0.2, -0.15) is 0 Å². The summed E-state index contributed by atoms with van der Waals surface area (Å²) in [6.07, 6.45) is 6.32. The van der Waals surface area contributed by atoms with Crippen LogP contribution in [0.3, 0.4) is 0 Å². The fourth-order valence-electron chi connectivity index (χ4n) is 4.00. The Hall–Kier alpha value is -2.91. The average Bonchev–Trinajstić information content (AvgIpc) is 2.75. The van der Waals surface area contributed by atoms with E-state index in [2.05, 4.69) is 42.1 Å². The second-order valence-electron chi connectivity index (χ2n) is 7.60. The van der Waals surface area contributed by atoms with E-state index in [1.807, 2.05) is 12.1 Å². The Labute approximate surface area is 168 Å². The summed E-state index contributed by atoms with van der Waals surface area (Å²) in [5, 5.41) is 4.00. The van der Waals surface area contributed by atoms with Crippen molar-refractivity contribution in [3.63, 3.8) is 0 Å². The molecule has 150 valence electrons. The Morgan fingerprint density at radius 2 is 2.07 bits per heavy atom. The fourth-order valence-corrected chi connectivity index (χ4v) is 4.00. The summed E-state index contributed by atoms with van der Waals surface area (Å²) < 4.78 is 5.44. The molecule has 5 heterocycles. The van der Waals surface area contributed by atoms with E-state index >= 15 is 0 Å². The first-order valence-corrected chi connectivity index (χ1v) is 9.91. The minimum Gasteiger partial charge on any atom is -0.378 e. The van der Waals surface area contributed by atoms with Gasteiger partial charge in [0.2, 0.25) is 5.95 Å². The lowest BCUT2D eigenvalue weighted by molar-refractivity contribution is -0.114. The van der Waals surface area contributed by atoms with Crippen molar-refractivity contribution in [3.05, 3.63) is 30.2 Å².